The quantitative estimate of drug-likeness (QED) is 0.578. The topological polar surface area (TPSA) is 84.6 Å². The van der Waals surface area contributed by atoms with Crippen LogP contribution in [0.25, 0.3) is 11.5 Å². The van der Waals surface area contributed by atoms with E-state index in [1.165, 1.54) is 6.07 Å². The number of aromatic nitrogens is 3. The molecule has 0 atom stereocenters. The number of piperazine rings is 1. The van der Waals surface area contributed by atoms with Gasteiger partial charge in [0.1, 0.15) is 11.6 Å². The van der Waals surface area contributed by atoms with E-state index in [9.17, 15) is 13.6 Å². The molecule has 2 aromatic heterocycles. The Kier molecular flexibility index (Phi) is 6.29. The van der Waals surface area contributed by atoms with Crippen molar-refractivity contribution in [1.29, 1.82) is 0 Å². The van der Waals surface area contributed by atoms with Crippen molar-refractivity contribution >= 4 is 11.7 Å². The molecular formula is C22H23F2N5O3. The molecule has 1 amide bonds. The minimum absolute atomic E-state index is 0.106. The van der Waals surface area contributed by atoms with Gasteiger partial charge in [0.2, 0.25) is 5.89 Å². The molecule has 8 nitrogen and oxygen atoms in total. The van der Waals surface area contributed by atoms with Crippen LogP contribution in [0.1, 0.15) is 25.7 Å². The fraction of sp³-hybridized carbons (Fsp3) is 0.364. The fourth-order valence-corrected chi connectivity index (χ4v) is 3.36. The van der Waals surface area contributed by atoms with Gasteiger partial charge >= 0.3 is 0 Å². The Morgan fingerprint density at radius 3 is 2.59 bits per heavy atom. The molecule has 0 bridgehead atoms. The van der Waals surface area contributed by atoms with Gasteiger partial charge in [0.15, 0.2) is 18.2 Å². The lowest BCUT2D eigenvalue weighted by molar-refractivity contribution is -0.133. The molecule has 0 spiro atoms. The molecule has 4 rings (SSSR count). The van der Waals surface area contributed by atoms with Gasteiger partial charge in [0.25, 0.3) is 11.8 Å². The molecule has 0 aliphatic carbocycles. The molecular weight excluding hydrogens is 420 g/mol. The van der Waals surface area contributed by atoms with Gasteiger partial charge in [-0.1, -0.05) is 13.8 Å². The predicted octanol–water partition coefficient (Wildman–Crippen LogP) is 3.26. The summed E-state index contributed by atoms with van der Waals surface area (Å²) >= 11 is 0. The SMILES string of the molecule is CC(C)c1nnc(-c2cccnc2N2CCN(C(=O)COc3ccc(F)c(F)c3)CC2)o1. The van der Waals surface area contributed by atoms with Crippen LogP contribution in [-0.4, -0.2) is 58.8 Å². The number of anilines is 1. The molecule has 1 aliphatic heterocycles. The lowest BCUT2D eigenvalue weighted by atomic mass is 10.2. The van der Waals surface area contributed by atoms with E-state index < -0.39 is 11.6 Å². The van der Waals surface area contributed by atoms with E-state index in [-0.39, 0.29) is 24.2 Å². The van der Waals surface area contributed by atoms with E-state index in [4.69, 9.17) is 9.15 Å². The largest absolute Gasteiger partial charge is 0.484 e. The van der Waals surface area contributed by atoms with Crippen LogP contribution in [0, 0.1) is 11.6 Å². The molecule has 3 heterocycles. The summed E-state index contributed by atoms with van der Waals surface area (Å²) in [6.07, 6.45) is 1.70. The van der Waals surface area contributed by atoms with E-state index in [2.05, 4.69) is 20.1 Å². The summed E-state index contributed by atoms with van der Waals surface area (Å²) in [5.41, 5.74) is 0.744. The van der Waals surface area contributed by atoms with Gasteiger partial charge in [-0.25, -0.2) is 13.8 Å². The summed E-state index contributed by atoms with van der Waals surface area (Å²) in [5, 5.41) is 8.25. The fourth-order valence-electron chi connectivity index (χ4n) is 3.36. The van der Waals surface area contributed by atoms with Crippen molar-refractivity contribution in [3.05, 3.63) is 54.1 Å². The van der Waals surface area contributed by atoms with Crippen LogP contribution in [0.5, 0.6) is 5.75 Å². The first-order chi connectivity index (χ1) is 15.4. The highest BCUT2D eigenvalue weighted by atomic mass is 19.2. The normalized spacial score (nSPS) is 14.2. The van der Waals surface area contributed by atoms with Gasteiger partial charge in [-0.3, -0.25) is 4.79 Å². The van der Waals surface area contributed by atoms with Gasteiger partial charge in [-0.05, 0) is 24.3 Å². The lowest BCUT2D eigenvalue weighted by Crippen LogP contribution is -2.50. The Labute approximate surface area is 183 Å². The zero-order valence-electron chi connectivity index (χ0n) is 17.8. The molecule has 0 saturated carbocycles. The third kappa shape index (κ3) is 4.68. The van der Waals surface area contributed by atoms with Crippen LogP contribution in [0.15, 0.2) is 40.9 Å². The van der Waals surface area contributed by atoms with Gasteiger partial charge in [-0.15, -0.1) is 10.2 Å². The number of carbonyl (C=O) groups excluding carboxylic acids is 1. The number of halogens is 2. The van der Waals surface area contributed by atoms with Crippen LogP contribution < -0.4 is 9.64 Å². The summed E-state index contributed by atoms with van der Waals surface area (Å²) < 4.78 is 37.4. The minimum atomic E-state index is -1.02. The van der Waals surface area contributed by atoms with Crippen molar-refractivity contribution in [2.75, 3.05) is 37.7 Å². The summed E-state index contributed by atoms with van der Waals surface area (Å²) in [6.45, 7) is 5.77. The Morgan fingerprint density at radius 2 is 1.91 bits per heavy atom. The second-order valence-electron chi connectivity index (χ2n) is 7.71. The van der Waals surface area contributed by atoms with E-state index in [1.807, 2.05) is 26.0 Å². The number of amides is 1. The minimum Gasteiger partial charge on any atom is -0.484 e. The standard InChI is InChI=1S/C22H23F2N5O3/c1-14(2)21-26-27-22(32-21)16-4-3-7-25-20(16)29-10-8-28(9-11-29)19(30)13-31-15-5-6-17(23)18(24)12-15/h3-7,12,14H,8-11,13H2,1-2H3. The van der Waals surface area contributed by atoms with Gasteiger partial charge in [-0.2, -0.15) is 0 Å². The second kappa shape index (κ2) is 9.29. The molecule has 0 N–H and O–H groups in total. The molecule has 1 aromatic carbocycles. The first kappa shape index (κ1) is 21.7. The Bertz CT molecular complexity index is 1100. The van der Waals surface area contributed by atoms with Crippen molar-refractivity contribution in [2.24, 2.45) is 0 Å². The van der Waals surface area contributed by atoms with Gasteiger partial charge < -0.3 is 19.0 Å². The lowest BCUT2D eigenvalue weighted by Gasteiger charge is -2.35. The van der Waals surface area contributed by atoms with Crippen LogP contribution in [0.4, 0.5) is 14.6 Å². The molecule has 0 radical (unpaired) electrons. The van der Waals surface area contributed by atoms with Crippen molar-refractivity contribution in [3.63, 3.8) is 0 Å². The third-order valence-electron chi connectivity index (χ3n) is 5.14. The summed E-state index contributed by atoms with van der Waals surface area (Å²) in [7, 11) is 0. The monoisotopic (exact) mass is 443 g/mol. The number of carbonyl (C=O) groups is 1. The molecule has 3 aromatic rings. The highest BCUT2D eigenvalue weighted by Crippen LogP contribution is 2.29. The maximum absolute atomic E-state index is 13.3. The predicted molar refractivity (Wildman–Crippen MR) is 112 cm³/mol. The maximum atomic E-state index is 13.3. The van der Waals surface area contributed by atoms with Gasteiger partial charge in [0.05, 0.1) is 5.56 Å². The number of nitrogens with zero attached hydrogens (tertiary/aromatic N) is 5. The highest BCUT2D eigenvalue weighted by molar-refractivity contribution is 5.78. The van der Waals surface area contributed by atoms with Crippen molar-refractivity contribution in [2.45, 2.75) is 19.8 Å². The van der Waals surface area contributed by atoms with E-state index >= 15 is 0 Å². The van der Waals surface area contributed by atoms with Gasteiger partial charge in [0, 0.05) is 44.4 Å². The molecule has 1 aliphatic rings. The number of ether oxygens (including phenoxy) is 1. The summed E-state index contributed by atoms with van der Waals surface area (Å²) in [5.74, 6) is -0.285. The average molecular weight is 443 g/mol. The smallest absolute Gasteiger partial charge is 0.260 e. The Balaban J connectivity index is 1.37. The van der Waals surface area contributed by atoms with Crippen LogP contribution in [0.3, 0.4) is 0 Å². The third-order valence-corrected chi connectivity index (χ3v) is 5.14. The van der Waals surface area contributed by atoms with Crippen LogP contribution in [-0.2, 0) is 4.79 Å². The zero-order valence-corrected chi connectivity index (χ0v) is 17.8. The highest BCUT2D eigenvalue weighted by Gasteiger charge is 2.25. The zero-order chi connectivity index (χ0) is 22.7. The molecule has 168 valence electrons. The second-order valence-corrected chi connectivity index (χ2v) is 7.71. The number of rotatable bonds is 6. The maximum Gasteiger partial charge on any atom is 0.260 e. The summed E-state index contributed by atoms with van der Waals surface area (Å²) in [4.78, 5) is 20.7. The van der Waals surface area contributed by atoms with Crippen molar-refractivity contribution in [1.82, 2.24) is 20.1 Å². The number of hydrogen-bond acceptors (Lipinski definition) is 7. The van der Waals surface area contributed by atoms with E-state index in [1.54, 1.807) is 11.1 Å². The number of pyridine rings is 1. The van der Waals surface area contributed by atoms with Crippen molar-refractivity contribution in [3.8, 4) is 17.2 Å². The molecule has 10 heteroatoms. The van der Waals surface area contributed by atoms with Crippen molar-refractivity contribution < 1.29 is 22.7 Å². The molecule has 1 saturated heterocycles. The Morgan fingerprint density at radius 1 is 1.12 bits per heavy atom. The first-order valence-electron chi connectivity index (χ1n) is 10.3. The number of hydrogen-bond donors (Lipinski definition) is 0. The Hall–Kier alpha value is -3.56. The van der Waals surface area contributed by atoms with Crippen LogP contribution in [0.2, 0.25) is 0 Å². The summed E-state index contributed by atoms with van der Waals surface area (Å²) in [6, 6.07) is 6.87. The molecule has 1 fully saturated rings. The molecule has 0 unspecified atom stereocenters. The van der Waals surface area contributed by atoms with E-state index in [0.29, 0.717) is 38.0 Å². The van der Waals surface area contributed by atoms with E-state index in [0.717, 1.165) is 23.5 Å². The van der Waals surface area contributed by atoms with Crippen LogP contribution >= 0.6 is 0 Å². The average Bonchev–Trinajstić information content (AvgIpc) is 3.30. The first-order valence-corrected chi connectivity index (χ1v) is 10.3. The molecule has 32 heavy (non-hydrogen) atoms. The number of benzene rings is 1.